The Morgan fingerprint density at radius 1 is 1.40 bits per heavy atom. The Hall–Kier alpha value is -0.380. The molecule has 0 amide bonds. The zero-order valence-corrected chi connectivity index (χ0v) is 10.4. The minimum Gasteiger partial charge on any atom is -0.330 e. The molecule has 0 aromatic heterocycles. The highest BCUT2D eigenvalue weighted by Gasteiger charge is 2.10. The molecule has 1 rings (SSSR count). The lowest BCUT2D eigenvalue weighted by Gasteiger charge is -2.09. The zero-order chi connectivity index (χ0) is 11.3. The molecule has 4 heteroatoms. The van der Waals surface area contributed by atoms with Gasteiger partial charge in [-0.2, -0.15) is 0 Å². The Morgan fingerprint density at radius 2 is 2.00 bits per heavy atom. The van der Waals surface area contributed by atoms with Crippen LogP contribution in [0.3, 0.4) is 0 Å². The van der Waals surface area contributed by atoms with Crippen LogP contribution in [-0.4, -0.2) is 16.0 Å². The third-order valence-electron chi connectivity index (χ3n) is 2.24. The van der Waals surface area contributed by atoms with E-state index in [-0.39, 0.29) is 5.25 Å². The molecule has 2 atom stereocenters. The van der Waals surface area contributed by atoms with Gasteiger partial charge in [0.2, 0.25) is 0 Å². The smallest absolute Gasteiger partial charge is 0.0488 e. The topological polar surface area (TPSA) is 43.1 Å². The van der Waals surface area contributed by atoms with Crippen molar-refractivity contribution in [3.63, 3.8) is 0 Å². The number of rotatable bonds is 5. The van der Waals surface area contributed by atoms with Crippen LogP contribution in [0.5, 0.6) is 0 Å². The van der Waals surface area contributed by atoms with Crippen LogP contribution < -0.4 is 5.73 Å². The van der Waals surface area contributed by atoms with Crippen molar-refractivity contribution in [2.24, 2.45) is 5.73 Å². The maximum atomic E-state index is 11.8. The second kappa shape index (κ2) is 6.26. The average molecular weight is 246 g/mol. The van der Waals surface area contributed by atoms with Gasteiger partial charge >= 0.3 is 0 Å². The van der Waals surface area contributed by atoms with Gasteiger partial charge in [-0.05, 0) is 30.7 Å². The molecular weight excluding hydrogens is 230 g/mol. The molecule has 0 aliphatic heterocycles. The fourth-order valence-corrected chi connectivity index (χ4v) is 2.58. The molecule has 0 aliphatic rings. The third kappa shape index (κ3) is 4.33. The predicted octanol–water partition coefficient (Wildman–Crippen LogP) is 2.33. The van der Waals surface area contributed by atoms with E-state index >= 15 is 0 Å². The molecule has 1 aromatic rings. The van der Waals surface area contributed by atoms with E-state index in [4.69, 9.17) is 17.3 Å². The first-order valence-corrected chi connectivity index (χ1v) is 6.71. The lowest BCUT2D eigenvalue weighted by molar-refractivity contribution is 0.665. The summed E-state index contributed by atoms with van der Waals surface area (Å²) in [6.45, 7) is 2.56. The van der Waals surface area contributed by atoms with Crippen LogP contribution in [0.25, 0.3) is 0 Å². The van der Waals surface area contributed by atoms with E-state index in [0.717, 1.165) is 12.0 Å². The monoisotopic (exact) mass is 245 g/mol. The quantitative estimate of drug-likeness (QED) is 0.865. The van der Waals surface area contributed by atoms with Crippen LogP contribution in [0, 0.1) is 0 Å². The summed E-state index contributed by atoms with van der Waals surface area (Å²) in [6.07, 6.45) is 0.806. The molecule has 15 heavy (non-hydrogen) atoms. The highest BCUT2D eigenvalue weighted by atomic mass is 35.5. The van der Waals surface area contributed by atoms with E-state index in [1.807, 2.05) is 31.2 Å². The molecule has 2 nitrogen and oxygen atoms in total. The van der Waals surface area contributed by atoms with E-state index in [2.05, 4.69) is 0 Å². The van der Waals surface area contributed by atoms with E-state index in [1.54, 1.807) is 0 Å². The maximum Gasteiger partial charge on any atom is 0.0488 e. The third-order valence-corrected chi connectivity index (χ3v) is 4.25. The van der Waals surface area contributed by atoms with Gasteiger partial charge in [0.05, 0.1) is 0 Å². The van der Waals surface area contributed by atoms with Crippen molar-refractivity contribution in [2.45, 2.75) is 24.3 Å². The van der Waals surface area contributed by atoms with Crippen LogP contribution in [0.1, 0.15) is 18.9 Å². The summed E-state index contributed by atoms with van der Waals surface area (Å²) >= 11 is 5.77. The fourth-order valence-electron chi connectivity index (χ4n) is 1.25. The van der Waals surface area contributed by atoms with E-state index in [9.17, 15) is 4.21 Å². The highest BCUT2D eigenvalue weighted by Crippen LogP contribution is 2.13. The number of halogens is 1. The Kier molecular flexibility index (Phi) is 5.29. The van der Waals surface area contributed by atoms with Crippen LogP contribution >= 0.6 is 11.6 Å². The SMILES string of the molecule is CC(CCN)S(=O)Cc1ccc(Cl)cc1. The van der Waals surface area contributed by atoms with Gasteiger partial charge in [0.15, 0.2) is 0 Å². The maximum absolute atomic E-state index is 11.8. The van der Waals surface area contributed by atoms with Crippen molar-refractivity contribution < 1.29 is 4.21 Å². The van der Waals surface area contributed by atoms with Crippen LogP contribution in [0.2, 0.25) is 5.02 Å². The minimum absolute atomic E-state index is 0.158. The molecule has 2 unspecified atom stereocenters. The van der Waals surface area contributed by atoms with Crippen molar-refractivity contribution in [2.75, 3.05) is 6.54 Å². The average Bonchev–Trinajstić information content (AvgIpc) is 2.22. The van der Waals surface area contributed by atoms with Crippen molar-refractivity contribution in [1.82, 2.24) is 0 Å². The first kappa shape index (κ1) is 12.7. The van der Waals surface area contributed by atoms with Gasteiger partial charge in [-0.1, -0.05) is 30.7 Å². The summed E-state index contributed by atoms with van der Waals surface area (Å²) in [5.74, 6) is 0.582. The van der Waals surface area contributed by atoms with E-state index in [1.165, 1.54) is 0 Å². The normalized spacial score (nSPS) is 14.9. The molecule has 0 saturated carbocycles. The summed E-state index contributed by atoms with van der Waals surface area (Å²) in [6, 6.07) is 7.47. The van der Waals surface area contributed by atoms with Gasteiger partial charge in [-0.3, -0.25) is 4.21 Å². The summed E-state index contributed by atoms with van der Waals surface area (Å²) in [5.41, 5.74) is 6.49. The molecule has 1 aromatic carbocycles. The molecule has 0 saturated heterocycles. The lowest BCUT2D eigenvalue weighted by atomic mass is 10.2. The molecule has 0 radical (unpaired) electrons. The second-order valence-corrected chi connectivity index (χ2v) is 5.83. The molecule has 0 heterocycles. The summed E-state index contributed by atoms with van der Waals surface area (Å²) in [7, 11) is -0.845. The molecular formula is C11H16ClNOS. The zero-order valence-electron chi connectivity index (χ0n) is 8.78. The van der Waals surface area contributed by atoms with Crippen molar-refractivity contribution in [3.8, 4) is 0 Å². The van der Waals surface area contributed by atoms with Crippen LogP contribution in [0.4, 0.5) is 0 Å². The van der Waals surface area contributed by atoms with Crippen molar-refractivity contribution in [1.29, 1.82) is 0 Å². The van der Waals surface area contributed by atoms with Crippen molar-refractivity contribution >= 4 is 22.4 Å². The van der Waals surface area contributed by atoms with E-state index < -0.39 is 10.8 Å². The Morgan fingerprint density at radius 3 is 2.53 bits per heavy atom. The molecule has 84 valence electrons. The molecule has 0 bridgehead atoms. The summed E-state index contributed by atoms with van der Waals surface area (Å²) < 4.78 is 11.8. The predicted molar refractivity (Wildman–Crippen MR) is 66.4 cm³/mol. The van der Waals surface area contributed by atoms with Gasteiger partial charge in [0.1, 0.15) is 0 Å². The fraction of sp³-hybridized carbons (Fsp3) is 0.455. The Bertz CT molecular complexity index is 326. The standard InChI is InChI=1S/C11H16ClNOS/c1-9(6-7-13)15(14)8-10-2-4-11(12)5-3-10/h2-5,9H,6-8,13H2,1H3. The van der Waals surface area contributed by atoms with Gasteiger partial charge in [-0.25, -0.2) is 0 Å². The Labute approximate surface area is 98.3 Å². The van der Waals surface area contributed by atoms with Gasteiger partial charge in [0.25, 0.3) is 0 Å². The number of nitrogens with two attached hydrogens (primary N) is 1. The lowest BCUT2D eigenvalue weighted by Crippen LogP contribution is -2.17. The van der Waals surface area contributed by atoms with Gasteiger partial charge < -0.3 is 5.73 Å². The van der Waals surface area contributed by atoms with Crippen LogP contribution in [-0.2, 0) is 16.6 Å². The molecule has 2 N–H and O–H groups in total. The van der Waals surface area contributed by atoms with E-state index in [0.29, 0.717) is 17.3 Å². The summed E-state index contributed by atoms with van der Waals surface area (Å²) in [5, 5.41) is 0.866. The van der Waals surface area contributed by atoms with Gasteiger partial charge in [0, 0.05) is 26.8 Å². The second-order valence-electron chi connectivity index (χ2n) is 3.54. The minimum atomic E-state index is -0.845. The molecule has 0 aliphatic carbocycles. The number of hydrogen-bond donors (Lipinski definition) is 1. The summed E-state index contributed by atoms with van der Waals surface area (Å²) in [4.78, 5) is 0. The first-order chi connectivity index (χ1) is 7.13. The van der Waals surface area contributed by atoms with Gasteiger partial charge in [-0.15, -0.1) is 0 Å². The van der Waals surface area contributed by atoms with Crippen LogP contribution in [0.15, 0.2) is 24.3 Å². The Balaban J connectivity index is 2.54. The first-order valence-electron chi connectivity index (χ1n) is 4.95. The molecule has 0 spiro atoms. The number of benzene rings is 1. The largest absolute Gasteiger partial charge is 0.330 e. The highest BCUT2D eigenvalue weighted by molar-refractivity contribution is 7.84. The van der Waals surface area contributed by atoms with Crippen molar-refractivity contribution in [3.05, 3.63) is 34.9 Å². The molecule has 0 fully saturated rings. The number of hydrogen-bond acceptors (Lipinski definition) is 2.